The van der Waals surface area contributed by atoms with Gasteiger partial charge in [-0.15, -0.1) is 6.58 Å². The summed E-state index contributed by atoms with van der Waals surface area (Å²) >= 11 is 0. The van der Waals surface area contributed by atoms with Crippen LogP contribution < -0.4 is 0 Å². The van der Waals surface area contributed by atoms with Crippen LogP contribution in [-0.4, -0.2) is 37.1 Å². The Morgan fingerprint density at radius 1 is 0.882 bits per heavy atom. The lowest BCUT2D eigenvalue weighted by atomic mass is 9.79. The molecular weight excluding hydrogens is 424 g/mol. The van der Waals surface area contributed by atoms with E-state index in [1.165, 1.54) is 0 Å². The van der Waals surface area contributed by atoms with Crippen LogP contribution in [0.4, 0.5) is 0 Å². The lowest BCUT2D eigenvalue weighted by Gasteiger charge is -2.37. The van der Waals surface area contributed by atoms with E-state index in [9.17, 15) is 5.11 Å². The van der Waals surface area contributed by atoms with E-state index in [0.29, 0.717) is 19.1 Å². The number of aliphatic hydroxyl groups is 1. The summed E-state index contributed by atoms with van der Waals surface area (Å²) in [4.78, 5) is 0. The van der Waals surface area contributed by atoms with Crippen molar-refractivity contribution in [1.29, 1.82) is 0 Å². The van der Waals surface area contributed by atoms with Gasteiger partial charge in [-0.25, -0.2) is 0 Å². The fraction of sp³-hybridized carbons (Fsp3) is 0.533. The Labute approximate surface area is 207 Å². The molecule has 0 amide bonds. The van der Waals surface area contributed by atoms with Gasteiger partial charge in [0.2, 0.25) is 0 Å². The molecule has 0 aromatic heterocycles. The minimum Gasteiger partial charge on any atom is -0.394 e. The number of ether oxygens (including phenoxy) is 3. The molecule has 0 saturated heterocycles. The first-order valence-electron chi connectivity index (χ1n) is 12.4. The Balaban J connectivity index is 2.24. The third-order valence-corrected chi connectivity index (χ3v) is 6.51. The van der Waals surface area contributed by atoms with Gasteiger partial charge < -0.3 is 19.3 Å². The zero-order valence-electron chi connectivity index (χ0n) is 21.7. The van der Waals surface area contributed by atoms with E-state index in [4.69, 9.17) is 14.2 Å². The quantitative estimate of drug-likeness (QED) is 0.288. The van der Waals surface area contributed by atoms with E-state index in [0.717, 1.165) is 24.0 Å². The van der Waals surface area contributed by atoms with Gasteiger partial charge in [0.05, 0.1) is 25.9 Å². The van der Waals surface area contributed by atoms with Crippen LogP contribution in [0.5, 0.6) is 0 Å². The van der Waals surface area contributed by atoms with Crippen molar-refractivity contribution in [2.75, 3.05) is 13.7 Å². The molecule has 0 bridgehead atoms. The summed E-state index contributed by atoms with van der Waals surface area (Å²) in [7, 11) is 1.62. The molecule has 2 rings (SSSR count). The predicted octanol–water partition coefficient (Wildman–Crippen LogP) is 6.43. The largest absolute Gasteiger partial charge is 0.394 e. The molecule has 0 aliphatic carbocycles. The Hall–Kier alpha value is -1.98. The summed E-state index contributed by atoms with van der Waals surface area (Å²) in [5.41, 5.74) is 2.28. The van der Waals surface area contributed by atoms with Crippen molar-refractivity contribution >= 4 is 0 Å². The van der Waals surface area contributed by atoms with Crippen LogP contribution in [0, 0.1) is 17.3 Å². The maximum Gasteiger partial charge on any atom is 0.113 e. The summed E-state index contributed by atoms with van der Waals surface area (Å²) in [6, 6.07) is 20.3. The number of allylic oxidation sites excluding steroid dienone is 1. The van der Waals surface area contributed by atoms with Gasteiger partial charge in [0.25, 0.3) is 0 Å². The molecular formula is C30H44O4. The van der Waals surface area contributed by atoms with Gasteiger partial charge in [-0.1, -0.05) is 94.4 Å². The monoisotopic (exact) mass is 468 g/mol. The average Bonchev–Trinajstić information content (AvgIpc) is 2.83. The van der Waals surface area contributed by atoms with E-state index >= 15 is 0 Å². The molecule has 0 radical (unpaired) electrons. The van der Waals surface area contributed by atoms with E-state index in [1.54, 1.807) is 7.11 Å². The van der Waals surface area contributed by atoms with Crippen LogP contribution in [0.15, 0.2) is 73.3 Å². The molecule has 0 heterocycles. The zero-order valence-corrected chi connectivity index (χ0v) is 21.7. The summed E-state index contributed by atoms with van der Waals surface area (Å²) < 4.78 is 18.6. The van der Waals surface area contributed by atoms with Crippen LogP contribution in [0.25, 0.3) is 0 Å². The maximum absolute atomic E-state index is 10.1. The molecule has 1 N–H and O–H groups in total. The molecule has 0 aliphatic rings. The number of aliphatic hydroxyl groups excluding tert-OH is 1. The van der Waals surface area contributed by atoms with Crippen LogP contribution in [0.2, 0.25) is 0 Å². The van der Waals surface area contributed by atoms with Crippen LogP contribution in [0.3, 0.4) is 0 Å². The van der Waals surface area contributed by atoms with Crippen molar-refractivity contribution in [1.82, 2.24) is 0 Å². The molecule has 0 saturated carbocycles. The molecule has 4 nitrogen and oxygen atoms in total. The highest BCUT2D eigenvalue weighted by atomic mass is 16.6. The molecule has 188 valence electrons. The summed E-state index contributed by atoms with van der Waals surface area (Å²) in [6.07, 6.45) is 2.94. The Morgan fingerprint density at radius 3 is 1.82 bits per heavy atom. The number of benzene rings is 2. The van der Waals surface area contributed by atoms with Gasteiger partial charge >= 0.3 is 0 Å². The third-order valence-electron chi connectivity index (χ3n) is 6.51. The van der Waals surface area contributed by atoms with Gasteiger partial charge in [-0.2, -0.15) is 0 Å². The average molecular weight is 469 g/mol. The van der Waals surface area contributed by atoms with Crippen LogP contribution in [0.1, 0.15) is 51.7 Å². The highest BCUT2D eigenvalue weighted by Gasteiger charge is 2.36. The number of rotatable bonds is 16. The first kappa shape index (κ1) is 28.3. The highest BCUT2D eigenvalue weighted by molar-refractivity contribution is 5.14. The van der Waals surface area contributed by atoms with Crippen molar-refractivity contribution < 1.29 is 19.3 Å². The first-order chi connectivity index (χ1) is 16.3. The van der Waals surface area contributed by atoms with Crippen molar-refractivity contribution in [2.24, 2.45) is 17.3 Å². The molecule has 4 heteroatoms. The lowest BCUT2D eigenvalue weighted by molar-refractivity contribution is -0.165. The van der Waals surface area contributed by atoms with Gasteiger partial charge in [-0.3, -0.25) is 0 Å². The summed E-state index contributed by atoms with van der Waals surface area (Å²) in [6.45, 7) is 13.7. The highest BCUT2D eigenvalue weighted by Crippen LogP contribution is 2.33. The smallest absolute Gasteiger partial charge is 0.113 e. The molecule has 5 unspecified atom stereocenters. The number of hydrogen-bond donors (Lipinski definition) is 1. The second-order valence-electron chi connectivity index (χ2n) is 10.2. The topological polar surface area (TPSA) is 47.9 Å². The second-order valence-corrected chi connectivity index (χ2v) is 10.2. The fourth-order valence-electron chi connectivity index (χ4n) is 4.68. The van der Waals surface area contributed by atoms with E-state index < -0.39 is 12.2 Å². The molecule has 2 aromatic rings. The summed E-state index contributed by atoms with van der Waals surface area (Å²) in [5.74, 6) is 0.681. The molecule has 5 atom stereocenters. The molecule has 2 aromatic carbocycles. The summed E-state index contributed by atoms with van der Waals surface area (Å²) in [5, 5.41) is 10.1. The molecule has 0 fully saturated rings. The fourth-order valence-corrected chi connectivity index (χ4v) is 4.68. The Bertz CT molecular complexity index is 801. The Morgan fingerprint density at radius 2 is 1.38 bits per heavy atom. The predicted molar refractivity (Wildman–Crippen MR) is 139 cm³/mol. The van der Waals surface area contributed by atoms with Crippen molar-refractivity contribution in [3.63, 3.8) is 0 Å². The SMILES string of the molecule is C=CC(C)(C)CC(C)CC(C)C(OCc1ccccc1)C(OCc1ccccc1)C(CO)OC. The van der Waals surface area contributed by atoms with Crippen molar-refractivity contribution in [2.45, 2.75) is 72.1 Å². The Kier molecular flexibility index (Phi) is 12.0. The normalized spacial score (nSPS) is 16.4. The van der Waals surface area contributed by atoms with Gasteiger partial charge in [-0.05, 0) is 41.2 Å². The molecule has 0 spiro atoms. The molecule has 34 heavy (non-hydrogen) atoms. The van der Waals surface area contributed by atoms with Gasteiger partial charge in [0.15, 0.2) is 0 Å². The third kappa shape index (κ3) is 9.34. The number of methoxy groups -OCH3 is 1. The van der Waals surface area contributed by atoms with E-state index in [2.05, 4.69) is 46.4 Å². The number of hydrogen-bond acceptors (Lipinski definition) is 4. The van der Waals surface area contributed by atoms with Crippen LogP contribution >= 0.6 is 0 Å². The minimum absolute atomic E-state index is 0.0862. The second kappa shape index (κ2) is 14.4. The maximum atomic E-state index is 10.1. The van der Waals surface area contributed by atoms with E-state index in [-0.39, 0.29) is 24.0 Å². The van der Waals surface area contributed by atoms with Crippen molar-refractivity contribution in [3.8, 4) is 0 Å². The minimum atomic E-state index is -0.480. The van der Waals surface area contributed by atoms with Crippen LogP contribution in [-0.2, 0) is 27.4 Å². The first-order valence-corrected chi connectivity index (χ1v) is 12.4. The van der Waals surface area contributed by atoms with E-state index in [1.807, 2.05) is 54.6 Å². The van der Waals surface area contributed by atoms with Crippen molar-refractivity contribution in [3.05, 3.63) is 84.4 Å². The zero-order chi connectivity index (χ0) is 25.0. The standard InChI is InChI=1S/C30H44O4/c1-7-30(4,5)19-23(2)18-24(3)28(33-21-25-14-10-8-11-15-25)29(27(20-31)32-6)34-22-26-16-12-9-13-17-26/h7-17,23-24,27-29,31H,1,18-22H2,2-6H3. The lowest BCUT2D eigenvalue weighted by Crippen LogP contribution is -2.47. The molecule has 0 aliphatic heterocycles. The van der Waals surface area contributed by atoms with Gasteiger partial charge in [0.1, 0.15) is 12.2 Å². The van der Waals surface area contributed by atoms with Gasteiger partial charge in [0, 0.05) is 7.11 Å².